The summed E-state index contributed by atoms with van der Waals surface area (Å²) in [6.07, 6.45) is 0. The van der Waals surface area contributed by atoms with E-state index in [4.69, 9.17) is 0 Å². The SMILES string of the molecule is CN(CC(=O)N1CCN(c2ccc(F)cc2)CC1)S(=O)(=O)c1ccc(Br)cc1. The molecule has 1 aliphatic heterocycles. The number of amides is 1. The lowest BCUT2D eigenvalue weighted by atomic mass is 10.2. The standard InChI is InChI=1S/C19H21BrFN3O3S/c1-22(28(26,27)18-8-2-15(20)3-9-18)14-19(25)24-12-10-23(11-13-24)17-6-4-16(21)5-7-17/h2-9H,10-14H2,1H3. The number of nitrogens with zero attached hydrogens (tertiary/aromatic N) is 3. The van der Waals surface area contributed by atoms with E-state index in [1.54, 1.807) is 29.2 Å². The van der Waals surface area contributed by atoms with Crippen LogP contribution in [0.5, 0.6) is 0 Å². The average Bonchev–Trinajstić information content (AvgIpc) is 2.69. The largest absolute Gasteiger partial charge is 0.368 e. The van der Waals surface area contributed by atoms with Crippen LogP contribution in [0.25, 0.3) is 0 Å². The van der Waals surface area contributed by atoms with Gasteiger partial charge in [0.05, 0.1) is 11.4 Å². The minimum atomic E-state index is -3.73. The molecule has 1 aliphatic rings. The predicted molar refractivity (Wildman–Crippen MR) is 109 cm³/mol. The molecule has 2 aromatic rings. The molecule has 0 unspecified atom stereocenters. The summed E-state index contributed by atoms with van der Waals surface area (Å²) in [6, 6.07) is 12.6. The van der Waals surface area contributed by atoms with Crippen LogP contribution in [-0.2, 0) is 14.8 Å². The zero-order valence-corrected chi connectivity index (χ0v) is 17.8. The molecule has 9 heteroatoms. The zero-order valence-electron chi connectivity index (χ0n) is 15.4. The normalized spacial score (nSPS) is 15.1. The number of halogens is 2. The summed E-state index contributed by atoms with van der Waals surface area (Å²) in [4.78, 5) is 16.5. The molecule has 1 amide bonds. The fraction of sp³-hybridized carbons (Fsp3) is 0.316. The summed E-state index contributed by atoms with van der Waals surface area (Å²) in [5, 5.41) is 0. The van der Waals surface area contributed by atoms with Crippen molar-refractivity contribution in [3.05, 3.63) is 58.8 Å². The van der Waals surface area contributed by atoms with Gasteiger partial charge in [0.2, 0.25) is 15.9 Å². The van der Waals surface area contributed by atoms with Crippen molar-refractivity contribution >= 4 is 37.5 Å². The first-order valence-electron chi connectivity index (χ1n) is 8.77. The highest BCUT2D eigenvalue weighted by molar-refractivity contribution is 9.10. The third kappa shape index (κ3) is 4.71. The molecule has 1 heterocycles. The molecule has 1 saturated heterocycles. The molecule has 0 spiro atoms. The number of piperazine rings is 1. The van der Waals surface area contributed by atoms with Gasteiger partial charge in [0.15, 0.2) is 0 Å². The van der Waals surface area contributed by atoms with Crippen LogP contribution in [0.2, 0.25) is 0 Å². The number of carbonyl (C=O) groups is 1. The second-order valence-electron chi connectivity index (χ2n) is 6.56. The van der Waals surface area contributed by atoms with Crippen LogP contribution in [0.3, 0.4) is 0 Å². The van der Waals surface area contributed by atoms with E-state index < -0.39 is 10.0 Å². The van der Waals surface area contributed by atoms with Gasteiger partial charge in [-0.05, 0) is 48.5 Å². The molecule has 2 aromatic carbocycles. The second-order valence-corrected chi connectivity index (χ2v) is 9.52. The van der Waals surface area contributed by atoms with Crippen LogP contribution in [-0.4, -0.2) is 63.3 Å². The number of carbonyl (C=O) groups excluding carboxylic acids is 1. The van der Waals surface area contributed by atoms with Crippen LogP contribution in [0.1, 0.15) is 0 Å². The fourth-order valence-electron chi connectivity index (χ4n) is 3.03. The average molecular weight is 470 g/mol. The van der Waals surface area contributed by atoms with Crippen molar-refractivity contribution in [2.24, 2.45) is 0 Å². The number of likely N-dealkylation sites (N-methyl/N-ethyl adjacent to an activating group) is 1. The smallest absolute Gasteiger partial charge is 0.243 e. The molecule has 6 nitrogen and oxygen atoms in total. The maximum atomic E-state index is 13.1. The lowest BCUT2D eigenvalue weighted by Crippen LogP contribution is -2.51. The second kappa shape index (κ2) is 8.59. The van der Waals surface area contributed by atoms with Crippen molar-refractivity contribution in [3.8, 4) is 0 Å². The number of hydrogen-bond donors (Lipinski definition) is 0. The summed E-state index contributed by atoms with van der Waals surface area (Å²) in [7, 11) is -2.32. The third-order valence-electron chi connectivity index (χ3n) is 4.70. The molecule has 3 rings (SSSR count). The number of anilines is 1. The Kier molecular flexibility index (Phi) is 6.36. The number of hydrogen-bond acceptors (Lipinski definition) is 4. The Bertz CT molecular complexity index is 928. The van der Waals surface area contributed by atoms with E-state index in [0.717, 1.165) is 14.5 Å². The van der Waals surface area contributed by atoms with Crippen LogP contribution < -0.4 is 4.90 Å². The highest BCUT2D eigenvalue weighted by Crippen LogP contribution is 2.19. The zero-order chi connectivity index (χ0) is 20.3. The first-order valence-corrected chi connectivity index (χ1v) is 11.0. The Balaban J connectivity index is 1.58. The van der Waals surface area contributed by atoms with E-state index in [9.17, 15) is 17.6 Å². The van der Waals surface area contributed by atoms with Crippen molar-refractivity contribution < 1.29 is 17.6 Å². The summed E-state index contributed by atoms with van der Waals surface area (Å²) >= 11 is 3.28. The van der Waals surface area contributed by atoms with E-state index >= 15 is 0 Å². The van der Waals surface area contributed by atoms with Gasteiger partial charge in [-0.15, -0.1) is 0 Å². The number of rotatable bonds is 5. The first kappa shape index (κ1) is 20.8. The molecule has 0 aromatic heterocycles. The molecule has 1 fully saturated rings. The Morgan fingerprint density at radius 1 is 1.04 bits per heavy atom. The van der Waals surface area contributed by atoms with Crippen LogP contribution in [0.15, 0.2) is 57.9 Å². The molecule has 0 N–H and O–H groups in total. The Morgan fingerprint density at radius 2 is 1.61 bits per heavy atom. The summed E-state index contributed by atoms with van der Waals surface area (Å²) < 4.78 is 40.2. The molecule has 0 saturated carbocycles. The minimum absolute atomic E-state index is 0.145. The van der Waals surface area contributed by atoms with Crippen LogP contribution >= 0.6 is 15.9 Å². The van der Waals surface area contributed by atoms with Crippen molar-refractivity contribution in [1.82, 2.24) is 9.21 Å². The van der Waals surface area contributed by atoms with Gasteiger partial charge in [0.1, 0.15) is 5.82 Å². The number of sulfonamides is 1. The fourth-order valence-corrected chi connectivity index (χ4v) is 4.41. The molecular weight excluding hydrogens is 449 g/mol. The van der Waals surface area contributed by atoms with Gasteiger partial charge in [-0.3, -0.25) is 4.79 Å². The molecule has 0 radical (unpaired) electrons. The first-order chi connectivity index (χ1) is 13.3. The maximum absolute atomic E-state index is 13.1. The van der Waals surface area contributed by atoms with Crippen LogP contribution in [0.4, 0.5) is 10.1 Å². The number of benzene rings is 2. The Morgan fingerprint density at radius 3 is 2.18 bits per heavy atom. The molecule has 0 bridgehead atoms. The van der Waals surface area contributed by atoms with Crippen molar-refractivity contribution in [1.29, 1.82) is 0 Å². The van der Waals surface area contributed by atoms with E-state index in [1.165, 1.54) is 31.3 Å². The van der Waals surface area contributed by atoms with E-state index in [-0.39, 0.29) is 23.2 Å². The van der Waals surface area contributed by atoms with Crippen LogP contribution in [0, 0.1) is 5.82 Å². The summed E-state index contributed by atoms with van der Waals surface area (Å²) in [6.45, 7) is 1.99. The highest BCUT2D eigenvalue weighted by atomic mass is 79.9. The third-order valence-corrected chi connectivity index (χ3v) is 7.05. The molecule has 0 atom stereocenters. The lowest BCUT2D eigenvalue weighted by molar-refractivity contribution is -0.131. The van der Waals surface area contributed by atoms with Crippen molar-refractivity contribution in [2.45, 2.75) is 4.90 Å². The van der Waals surface area contributed by atoms with E-state index in [1.807, 2.05) is 0 Å². The molecule has 28 heavy (non-hydrogen) atoms. The predicted octanol–water partition coefficient (Wildman–Crippen LogP) is 2.56. The summed E-state index contributed by atoms with van der Waals surface area (Å²) in [5.41, 5.74) is 0.906. The van der Waals surface area contributed by atoms with Gasteiger partial charge < -0.3 is 9.80 Å². The Labute approximate surface area is 172 Å². The molecule has 150 valence electrons. The summed E-state index contributed by atoms with van der Waals surface area (Å²) in [5.74, 6) is -0.519. The van der Waals surface area contributed by atoms with E-state index in [2.05, 4.69) is 20.8 Å². The molecule has 0 aliphatic carbocycles. The lowest BCUT2D eigenvalue weighted by Gasteiger charge is -2.36. The monoisotopic (exact) mass is 469 g/mol. The van der Waals surface area contributed by atoms with Gasteiger partial charge in [0, 0.05) is 43.4 Å². The van der Waals surface area contributed by atoms with E-state index in [0.29, 0.717) is 26.2 Å². The van der Waals surface area contributed by atoms with Crippen molar-refractivity contribution in [3.63, 3.8) is 0 Å². The topological polar surface area (TPSA) is 60.9 Å². The molecular formula is C19H21BrFN3O3S. The van der Waals surface area contributed by atoms with Gasteiger partial charge in [-0.25, -0.2) is 12.8 Å². The van der Waals surface area contributed by atoms with Gasteiger partial charge in [0.25, 0.3) is 0 Å². The van der Waals surface area contributed by atoms with Crippen molar-refractivity contribution in [2.75, 3.05) is 44.7 Å². The quantitative estimate of drug-likeness (QED) is 0.674. The minimum Gasteiger partial charge on any atom is -0.368 e. The Hall–Kier alpha value is -1.97. The van der Waals surface area contributed by atoms with Gasteiger partial charge in [-0.1, -0.05) is 15.9 Å². The van der Waals surface area contributed by atoms with Gasteiger partial charge >= 0.3 is 0 Å². The highest BCUT2D eigenvalue weighted by Gasteiger charge is 2.27. The van der Waals surface area contributed by atoms with Gasteiger partial charge in [-0.2, -0.15) is 4.31 Å². The maximum Gasteiger partial charge on any atom is 0.243 e.